The molecule has 30 heavy (non-hydrogen) atoms. The summed E-state index contributed by atoms with van der Waals surface area (Å²) in [6.45, 7) is 2.02. The predicted octanol–water partition coefficient (Wildman–Crippen LogP) is 5.69. The minimum atomic E-state index is 0. The van der Waals surface area contributed by atoms with Gasteiger partial charge in [0.1, 0.15) is 12.4 Å². The fraction of sp³-hybridized carbons (Fsp3) is 0.250. The monoisotopic (exact) mass is 447 g/mol. The van der Waals surface area contributed by atoms with E-state index in [0.717, 1.165) is 52.9 Å². The van der Waals surface area contributed by atoms with Crippen molar-refractivity contribution in [3.05, 3.63) is 88.4 Å². The minimum Gasteiger partial charge on any atom is -0.493 e. The SMILES string of the molecule is COc1ccc(CCNCc2ccccc2OCc2ccccc2Cl)cc1OC.Cl. The van der Waals surface area contributed by atoms with Gasteiger partial charge in [0.05, 0.1) is 14.2 Å². The van der Waals surface area contributed by atoms with E-state index in [2.05, 4.69) is 17.4 Å². The van der Waals surface area contributed by atoms with Crippen LogP contribution in [0.2, 0.25) is 5.02 Å². The molecular weight excluding hydrogens is 421 g/mol. The third kappa shape index (κ3) is 6.56. The second-order valence-corrected chi connectivity index (χ2v) is 7.01. The number of ether oxygens (including phenoxy) is 3. The zero-order valence-corrected chi connectivity index (χ0v) is 18.8. The predicted molar refractivity (Wildman–Crippen MR) is 124 cm³/mol. The Labute approximate surface area is 189 Å². The van der Waals surface area contributed by atoms with Crippen LogP contribution in [0.15, 0.2) is 66.7 Å². The summed E-state index contributed by atoms with van der Waals surface area (Å²) >= 11 is 6.22. The van der Waals surface area contributed by atoms with Crippen LogP contribution in [0.3, 0.4) is 0 Å². The van der Waals surface area contributed by atoms with Crippen LogP contribution in [0, 0.1) is 0 Å². The molecule has 160 valence electrons. The van der Waals surface area contributed by atoms with Gasteiger partial charge in [0.2, 0.25) is 0 Å². The summed E-state index contributed by atoms with van der Waals surface area (Å²) in [5, 5.41) is 4.21. The number of rotatable bonds is 10. The van der Waals surface area contributed by atoms with Gasteiger partial charge in [-0.2, -0.15) is 0 Å². The van der Waals surface area contributed by atoms with Crippen molar-refractivity contribution < 1.29 is 14.2 Å². The number of methoxy groups -OCH3 is 2. The molecule has 0 spiro atoms. The van der Waals surface area contributed by atoms with Gasteiger partial charge in [-0.25, -0.2) is 0 Å². The van der Waals surface area contributed by atoms with Crippen LogP contribution in [-0.2, 0) is 19.6 Å². The van der Waals surface area contributed by atoms with Crippen molar-refractivity contribution in [2.75, 3.05) is 20.8 Å². The van der Waals surface area contributed by atoms with Crippen LogP contribution in [0.5, 0.6) is 17.2 Å². The quantitative estimate of drug-likeness (QED) is 0.405. The van der Waals surface area contributed by atoms with Crippen molar-refractivity contribution in [3.63, 3.8) is 0 Å². The Balaban J connectivity index is 0.00000320. The fourth-order valence-corrected chi connectivity index (χ4v) is 3.24. The molecule has 0 saturated heterocycles. The fourth-order valence-electron chi connectivity index (χ4n) is 3.05. The molecule has 0 fully saturated rings. The van der Waals surface area contributed by atoms with Gasteiger partial charge in [-0.1, -0.05) is 54.1 Å². The molecular formula is C24H27Cl2NO3. The third-order valence-corrected chi connectivity index (χ3v) is 5.04. The lowest BCUT2D eigenvalue weighted by atomic mass is 10.1. The molecule has 3 aromatic carbocycles. The van der Waals surface area contributed by atoms with E-state index in [0.29, 0.717) is 6.61 Å². The molecule has 3 aromatic rings. The minimum absolute atomic E-state index is 0. The molecule has 0 saturated carbocycles. The van der Waals surface area contributed by atoms with E-state index in [-0.39, 0.29) is 12.4 Å². The van der Waals surface area contributed by atoms with Crippen molar-refractivity contribution in [1.82, 2.24) is 5.32 Å². The lowest BCUT2D eigenvalue weighted by molar-refractivity contribution is 0.302. The first kappa shape index (κ1) is 23.9. The van der Waals surface area contributed by atoms with Gasteiger partial charge in [-0.3, -0.25) is 0 Å². The third-order valence-electron chi connectivity index (χ3n) is 4.67. The Kier molecular flexibility index (Phi) is 9.81. The molecule has 3 rings (SSSR count). The van der Waals surface area contributed by atoms with Crippen molar-refractivity contribution in [2.24, 2.45) is 0 Å². The summed E-state index contributed by atoms with van der Waals surface area (Å²) in [7, 11) is 3.30. The van der Waals surface area contributed by atoms with Crippen molar-refractivity contribution in [3.8, 4) is 17.2 Å². The van der Waals surface area contributed by atoms with Gasteiger partial charge in [-0.05, 0) is 42.8 Å². The van der Waals surface area contributed by atoms with Crippen LogP contribution >= 0.6 is 24.0 Å². The van der Waals surface area contributed by atoms with E-state index in [9.17, 15) is 0 Å². The van der Waals surface area contributed by atoms with Crippen LogP contribution in [0.25, 0.3) is 0 Å². The molecule has 0 aliphatic carbocycles. The second-order valence-electron chi connectivity index (χ2n) is 6.60. The Morgan fingerprint density at radius 1 is 0.800 bits per heavy atom. The van der Waals surface area contributed by atoms with Gasteiger partial charge >= 0.3 is 0 Å². The zero-order chi connectivity index (χ0) is 20.5. The Hall–Kier alpha value is -2.40. The molecule has 0 amide bonds. The molecule has 0 aromatic heterocycles. The Morgan fingerprint density at radius 3 is 2.23 bits per heavy atom. The molecule has 4 nitrogen and oxygen atoms in total. The topological polar surface area (TPSA) is 39.7 Å². The van der Waals surface area contributed by atoms with Gasteiger partial charge in [-0.15, -0.1) is 12.4 Å². The standard InChI is InChI=1S/C24H26ClNO3.ClH/c1-27-23-12-11-18(15-24(23)28-2)13-14-26-16-19-7-4-6-10-22(19)29-17-20-8-3-5-9-21(20)25;/h3-12,15,26H,13-14,16-17H2,1-2H3;1H. The van der Waals surface area contributed by atoms with Gasteiger partial charge in [0.25, 0.3) is 0 Å². The maximum Gasteiger partial charge on any atom is 0.160 e. The van der Waals surface area contributed by atoms with Crippen molar-refractivity contribution in [1.29, 1.82) is 0 Å². The van der Waals surface area contributed by atoms with Crippen LogP contribution in [0.1, 0.15) is 16.7 Å². The maximum absolute atomic E-state index is 6.22. The molecule has 0 aliphatic heterocycles. The second kappa shape index (κ2) is 12.3. The van der Waals surface area contributed by atoms with E-state index in [1.165, 1.54) is 5.56 Å². The number of nitrogens with one attached hydrogen (secondary N) is 1. The largest absolute Gasteiger partial charge is 0.493 e. The molecule has 0 unspecified atom stereocenters. The van der Waals surface area contributed by atoms with Crippen LogP contribution in [0.4, 0.5) is 0 Å². The van der Waals surface area contributed by atoms with E-state index in [4.69, 9.17) is 25.8 Å². The first-order valence-corrected chi connectivity index (χ1v) is 9.94. The van der Waals surface area contributed by atoms with Gasteiger partial charge in [0, 0.05) is 22.7 Å². The summed E-state index contributed by atoms with van der Waals surface area (Å²) < 4.78 is 16.7. The van der Waals surface area contributed by atoms with E-state index < -0.39 is 0 Å². The number of para-hydroxylation sites is 1. The number of benzene rings is 3. The highest BCUT2D eigenvalue weighted by molar-refractivity contribution is 6.31. The first-order chi connectivity index (χ1) is 14.2. The molecule has 0 heterocycles. The summed E-state index contributed by atoms with van der Waals surface area (Å²) in [6, 6.07) is 21.8. The smallest absolute Gasteiger partial charge is 0.160 e. The molecule has 0 aliphatic rings. The summed E-state index contributed by atoms with van der Waals surface area (Å²) in [6.07, 6.45) is 0.892. The Morgan fingerprint density at radius 2 is 1.50 bits per heavy atom. The van der Waals surface area contributed by atoms with Crippen molar-refractivity contribution in [2.45, 2.75) is 19.6 Å². The molecule has 0 bridgehead atoms. The van der Waals surface area contributed by atoms with E-state index in [1.54, 1.807) is 14.2 Å². The van der Waals surface area contributed by atoms with Gasteiger partial charge in [0.15, 0.2) is 11.5 Å². The number of hydrogen-bond acceptors (Lipinski definition) is 4. The van der Waals surface area contributed by atoms with Gasteiger partial charge < -0.3 is 19.5 Å². The van der Waals surface area contributed by atoms with E-state index >= 15 is 0 Å². The zero-order valence-electron chi connectivity index (χ0n) is 17.2. The lowest BCUT2D eigenvalue weighted by Crippen LogP contribution is -2.17. The highest BCUT2D eigenvalue weighted by atomic mass is 35.5. The van der Waals surface area contributed by atoms with E-state index in [1.807, 2.05) is 54.6 Å². The molecule has 0 radical (unpaired) electrons. The lowest BCUT2D eigenvalue weighted by Gasteiger charge is -2.13. The first-order valence-electron chi connectivity index (χ1n) is 9.57. The molecule has 0 atom stereocenters. The summed E-state index contributed by atoms with van der Waals surface area (Å²) in [5.74, 6) is 2.36. The highest BCUT2D eigenvalue weighted by Gasteiger charge is 2.07. The maximum atomic E-state index is 6.22. The van der Waals surface area contributed by atoms with Crippen molar-refractivity contribution >= 4 is 24.0 Å². The average molecular weight is 448 g/mol. The van der Waals surface area contributed by atoms with Crippen LogP contribution < -0.4 is 19.5 Å². The molecule has 1 N–H and O–H groups in total. The Bertz CT molecular complexity index is 934. The number of halogens is 2. The van der Waals surface area contributed by atoms with Crippen LogP contribution in [-0.4, -0.2) is 20.8 Å². The highest BCUT2D eigenvalue weighted by Crippen LogP contribution is 2.27. The molecule has 6 heteroatoms. The average Bonchev–Trinajstić information content (AvgIpc) is 2.76. The summed E-state index contributed by atoms with van der Waals surface area (Å²) in [4.78, 5) is 0. The summed E-state index contributed by atoms with van der Waals surface area (Å²) in [5.41, 5.74) is 3.29. The number of hydrogen-bond donors (Lipinski definition) is 1. The normalized spacial score (nSPS) is 10.2.